The monoisotopic (exact) mass is 283 g/mol. The van der Waals surface area contributed by atoms with Crippen molar-refractivity contribution in [2.75, 3.05) is 39.9 Å². The van der Waals surface area contributed by atoms with Crippen LogP contribution in [0.15, 0.2) is 17.6 Å². The maximum absolute atomic E-state index is 5.56. The molecule has 0 atom stereocenters. The van der Waals surface area contributed by atoms with Crippen LogP contribution in [0.25, 0.3) is 0 Å². The number of ether oxygens (including phenoxy) is 1. The third-order valence-electron chi connectivity index (χ3n) is 2.76. The van der Waals surface area contributed by atoms with Crippen molar-refractivity contribution in [1.29, 1.82) is 0 Å². The standard InChI is InChI=1S/C16H33N3O/c1-6-8-9-12-19(5)16(17-7-2)18-11-10-13-20-14-15(3)4/h6,15H,1,7-14H2,2-5H3,(H,17,18). The summed E-state index contributed by atoms with van der Waals surface area (Å²) in [6, 6.07) is 0. The number of allylic oxidation sites excluding steroid dienone is 1. The van der Waals surface area contributed by atoms with Gasteiger partial charge in [0.1, 0.15) is 0 Å². The van der Waals surface area contributed by atoms with E-state index >= 15 is 0 Å². The summed E-state index contributed by atoms with van der Waals surface area (Å²) in [6.45, 7) is 14.5. The molecule has 0 bridgehead atoms. The third-order valence-corrected chi connectivity index (χ3v) is 2.76. The number of hydrogen-bond acceptors (Lipinski definition) is 2. The van der Waals surface area contributed by atoms with Crippen LogP contribution in [-0.2, 0) is 4.74 Å². The van der Waals surface area contributed by atoms with Gasteiger partial charge in [-0.3, -0.25) is 4.99 Å². The molecule has 0 aromatic heterocycles. The first-order chi connectivity index (χ1) is 9.61. The number of hydrogen-bond donors (Lipinski definition) is 1. The van der Waals surface area contributed by atoms with E-state index in [1.54, 1.807) is 0 Å². The number of unbranched alkanes of at least 4 members (excludes halogenated alkanes) is 1. The van der Waals surface area contributed by atoms with Gasteiger partial charge >= 0.3 is 0 Å². The Hall–Kier alpha value is -1.03. The van der Waals surface area contributed by atoms with E-state index in [0.717, 1.165) is 58.1 Å². The van der Waals surface area contributed by atoms with Crippen molar-refractivity contribution in [1.82, 2.24) is 10.2 Å². The Morgan fingerprint density at radius 1 is 1.40 bits per heavy atom. The van der Waals surface area contributed by atoms with Crippen LogP contribution < -0.4 is 5.32 Å². The van der Waals surface area contributed by atoms with Crippen molar-refractivity contribution in [2.24, 2.45) is 10.9 Å². The Morgan fingerprint density at radius 3 is 2.75 bits per heavy atom. The van der Waals surface area contributed by atoms with Crippen molar-refractivity contribution in [3.63, 3.8) is 0 Å². The molecule has 0 spiro atoms. The normalized spacial score (nSPS) is 11.8. The van der Waals surface area contributed by atoms with E-state index in [9.17, 15) is 0 Å². The van der Waals surface area contributed by atoms with Gasteiger partial charge in [0.25, 0.3) is 0 Å². The fraction of sp³-hybridized carbons (Fsp3) is 0.812. The van der Waals surface area contributed by atoms with E-state index in [1.807, 2.05) is 6.08 Å². The Bertz CT molecular complexity index is 264. The first-order valence-corrected chi connectivity index (χ1v) is 7.79. The molecule has 0 radical (unpaired) electrons. The van der Waals surface area contributed by atoms with Crippen LogP contribution in [0.1, 0.15) is 40.0 Å². The topological polar surface area (TPSA) is 36.9 Å². The fourth-order valence-electron chi connectivity index (χ4n) is 1.72. The largest absolute Gasteiger partial charge is 0.381 e. The van der Waals surface area contributed by atoms with E-state index in [1.165, 1.54) is 0 Å². The number of nitrogens with zero attached hydrogens (tertiary/aromatic N) is 2. The Balaban J connectivity index is 3.96. The molecule has 1 N–H and O–H groups in total. The van der Waals surface area contributed by atoms with Crippen molar-refractivity contribution >= 4 is 5.96 Å². The van der Waals surface area contributed by atoms with Crippen molar-refractivity contribution in [2.45, 2.75) is 40.0 Å². The van der Waals surface area contributed by atoms with E-state index in [-0.39, 0.29) is 0 Å². The van der Waals surface area contributed by atoms with E-state index < -0.39 is 0 Å². The highest BCUT2D eigenvalue weighted by molar-refractivity contribution is 5.79. The number of rotatable bonds is 11. The molecule has 0 aromatic rings. The summed E-state index contributed by atoms with van der Waals surface area (Å²) in [5.74, 6) is 1.59. The average Bonchev–Trinajstić information content (AvgIpc) is 2.41. The molecule has 0 saturated carbocycles. The van der Waals surface area contributed by atoms with Gasteiger partial charge in [0.15, 0.2) is 5.96 Å². The predicted molar refractivity (Wildman–Crippen MR) is 88.3 cm³/mol. The lowest BCUT2D eigenvalue weighted by Gasteiger charge is -2.21. The smallest absolute Gasteiger partial charge is 0.193 e. The van der Waals surface area contributed by atoms with Crippen molar-refractivity contribution in [3.05, 3.63) is 12.7 Å². The second-order valence-electron chi connectivity index (χ2n) is 5.41. The fourth-order valence-corrected chi connectivity index (χ4v) is 1.72. The molecular formula is C16H33N3O. The third kappa shape index (κ3) is 10.9. The van der Waals surface area contributed by atoms with Gasteiger partial charge in [-0.15, -0.1) is 6.58 Å². The molecular weight excluding hydrogens is 250 g/mol. The molecule has 0 aliphatic rings. The van der Waals surface area contributed by atoms with Gasteiger partial charge in [-0.2, -0.15) is 0 Å². The Labute approximate surface area is 125 Å². The molecule has 0 aliphatic heterocycles. The van der Waals surface area contributed by atoms with Crippen LogP contribution >= 0.6 is 0 Å². The van der Waals surface area contributed by atoms with Gasteiger partial charge in [0.2, 0.25) is 0 Å². The molecule has 0 saturated heterocycles. The van der Waals surface area contributed by atoms with Gasteiger partial charge in [-0.25, -0.2) is 0 Å². The predicted octanol–water partition coefficient (Wildman–Crippen LogP) is 2.91. The van der Waals surface area contributed by atoms with Crippen molar-refractivity contribution < 1.29 is 4.74 Å². The number of guanidine groups is 1. The molecule has 0 aromatic carbocycles. The van der Waals surface area contributed by atoms with E-state index in [4.69, 9.17) is 4.74 Å². The van der Waals surface area contributed by atoms with Gasteiger partial charge < -0.3 is 15.0 Å². The average molecular weight is 283 g/mol. The summed E-state index contributed by atoms with van der Waals surface area (Å²) in [5, 5.41) is 3.33. The van der Waals surface area contributed by atoms with Crippen LogP contribution in [0.5, 0.6) is 0 Å². The molecule has 4 nitrogen and oxygen atoms in total. The summed E-state index contributed by atoms with van der Waals surface area (Å²) in [6.07, 6.45) is 5.10. The Morgan fingerprint density at radius 2 is 2.15 bits per heavy atom. The van der Waals surface area contributed by atoms with Gasteiger partial charge in [-0.1, -0.05) is 19.9 Å². The van der Waals surface area contributed by atoms with Crippen LogP contribution in [0, 0.1) is 5.92 Å². The van der Waals surface area contributed by atoms with E-state index in [2.05, 4.69) is 49.6 Å². The molecule has 0 amide bonds. The van der Waals surface area contributed by atoms with Crippen LogP contribution in [0.4, 0.5) is 0 Å². The first kappa shape index (κ1) is 19.0. The molecule has 20 heavy (non-hydrogen) atoms. The second-order valence-corrected chi connectivity index (χ2v) is 5.41. The number of aliphatic imine (C=N–C) groups is 1. The Kier molecular flexibility index (Phi) is 12.3. The highest BCUT2D eigenvalue weighted by Gasteiger charge is 2.04. The lowest BCUT2D eigenvalue weighted by Crippen LogP contribution is -2.39. The zero-order valence-electron chi connectivity index (χ0n) is 13.8. The molecule has 0 fully saturated rings. The summed E-state index contributed by atoms with van der Waals surface area (Å²) < 4.78 is 5.56. The van der Waals surface area contributed by atoms with E-state index in [0.29, 0.717) is 5.92 Å². The number of nitrogens with one attached hydrogen (secondary N) is 1. The summed E-state index contributed by atoms with van der Waals surface area (Å²) in [5.41, 5.74) is 0. The highest BCUT2D eigenvalue weighted by atomic mass is 16.5. The maximum atomic E-state index is 5.56. The summed E-state index contributed by atoms with van der Waals surface area (Å²) in [4.78, 5) is 6.82. The molecule has 0 aliphatic carbocycles. The van der Waals surface area contributed by atoms with Gasteiger partial charge in [0, 0.05) is 39.9 Å². The zero-order valence-corrected chi connectivity index (χ0v) is 13.8. The molecule has 0 rings (SSSR count). The summed E-state index contributed by atoms with van der Waals surface area (Å²) >= 11 is 0. The molecule has 0 unspecified atom stereocenters. The van der Waals surface area contributed by atoms with Crippen LogP contribution in [-0.4, -0.2) is 50.8 Å². The van der Waals surface area contributed by atoms with Crippen LogP contribution in [0.2, 0.25) is 0 Å². The minimum Gasteiger partial charge on any atom is -0.381 e. The van der Waals surface area contributed by atoms with Gasteiger partial charge in [-0.05, 0) is 32.1 Å². The molecule has 4 heteroatoms. The zero-order chi connectivity index (χ0) is 15.2. The SMILES string of the molecule is C=CCCCN(C)C(=NCCCOCC(C)C)NCC. The highest BCUT2D eigenvalue weighted by Crippen LogP contribution is 1.96. The quantitative estimate of drug-likeness (QED) is 0.274. The van der Waals surface area contributed by atoms with Crippen molar-refractivity contribution in [3.8, 4) is 0 Å². The lowest BCUT2D eigenvalue weighted by atomic mass is 10.2. The first-order valence-electron chi connectivity index (χ1n) is 7.79. The summed E-state index contributed by atoms with van der Waals surface area (Å²) in [7, 11) is 2.08. The maximum Gasteiger partial charge on any atom is 0.193 e. The molecule has 118 valence electrons. The van der Waals surface area contributed by atoms with Crippen LogP contribution in [0.3, 0.4) is 0 Å². The lowest BCUT2D eigenvalue weighted by molar-refractivity contribution is 0.109. The molecule has 0 heterocycles. The second kappa shape index (κ2) is 13.0. The minimum atomic E-state index is 0.604. The van der Waals surface area contributed by atoms with Gasteiger partial charge in [0.05, 0.1) is 0 Å². The minimum absolute atomic E-state index is 0.604.